The zero-order valence-electron chi connectivity index (χ0n) is 14.4. The summed E-state index contributed by atoms with van der Waals surface area (Å²) in [5.74, 6) is -0.468. The summed E-state index contributed by atoms with van der Waals surface area (Å²) in [7, 11) is 0. The average molecular weight is 416 g/mol. The van der Waals surface area contributed by atoms with Gasteiger partial charge >= 0.3 is 12.0 Å². The van der Waals surface area contributed by atoms with Crippen molar-refractivity contribution in [2.45, 2.75) is 26.8 Å². The molecule has 0 aliphatic rings. The molecule has 1 N–H and O–H groups in total. The molecule has 2 rings (SSSR count). The van der Waals surface area contributed by atoms with Gasteiger partial charge in [0.1, 0.15) is 5.01 Å². The number of para-hydroxylation sites is 1. The number of esters is 1. The molecule has 6 nitrogen and oxygen atoms in total. The third kappa shape index (κ3) is 5.33. The van der Waals surface area contributed by atoms with Crippen LogP contribution in [0.5, 0.6) is 0 Å². The summed E-state index contributed by atoms with van der Waals surface area (Å²) in [5, 5.41) is 5.73. The van der Waals surface area contributed by atoms with Crippen LogP contribution in [0.15, 0.2) is 23.6 Å². The van der Waals surface area contributed by atoms with Crippen LogP contribution >= 0.6 is 34.5 Å². The van der Waals surface area contributed by atoms with Crippen LogP contribution in [0.1, 0.15) is 35.8 Å². The molecular formula is C17H19Cl2N3O3S. The molecule has 0 spiro atoms. The minimum Gasteiger partial charge on any atom is -0.461 e. The van der Waals surface area contributed by atoms with E-state index in [1.54, 1.807) is 35.4 Å². The van der Waals surface area contributed by atoms with Crippen LogP contribution in [0, 0.1) is 0 Å². The van der Waals surface area contributed by atoms with Crippen molar-refractivity contribution in [1.29, 1.82) is 0 Å². The molecule has 0 atom stereocenters. The fraction of sp³-hybridized carbons (Fsp3) is 0.353. The number of aromatic nitrogens is 1. The van der Waals surface area contributed by atoms with Crippen molar-refractivity contribution in [1.82, 2.24) is 9.88 Å². The van der Waals surface area contributed by atoms with Gasteiger partial charge in [-0.25, -0.2) is 14.6 Å². The Labute approximate surface area is 166 Å². The van der Waals surface area contributed by atoms with Crippen molar-refractivity contribution in [2.24, 2.45) is 0 Å². The van der Waals surface area contributed by atoms with Gasteiger partial charge in [-0.05, 0) is 25.5 Å². The predicted molar refractivity (Wildman–Crippen MR) is 104 cm³/mol. The van der Waals surface area contributed by atoms with Gasteiger partial charge in [-0.15, -0.1) is 11.3 Å². The fourth-order valence-corrected chi connectivity index (χ4v) is 3.44. The monoisotopic (exact) mass is 415 g/mol. The van der Waals surface area contributed by atoms with Crippen LogP contribution in [0.25, 0.3) is 0 Å². The van der Waals surface area contributed by atoms with E-state index >= 15 is 0 Å². The Balaban J connectivity index is 2.10. The Morgan fingerprint density at radius 2 is 1.96 bits per heavy atom. The zero-order chi connectivity index (χ0) is 19.1. The van der Waals surface area contributed by atoms with Crippen molar-refractivity contribution >= 4 is 52.2 Å². The molecular weight excluding hydrogens is 397 g/mol. The Hall–Kier alpha value is -1.83. The largest absolute Gasteiger partial charge is 0.461 e. The van der Waals surface area contributed by atoms with Crippen LogP contribution in [0.4, 0.5) is 10.5 Å². The zero-order valence-corrected chi connectivity index (χ0v) is 16.7. The normalized spacial score (nSPS) is 10.5. The van der Waals surface area contributed by atoms with Crippen molar-refractivity contribution < 1.29 is 14.3 Å². The lowest BCUT2D eigenvalue weighted by molar-refractivity contribution is 0.0520. The van der Waals surface area contributed by atoms with E-state index in [-0.39, 0.29) is 24.9 Å². The third-order valence-corrected chi connectivity index (χ3v) is 4.80. The highest BCUT2D eigenvalue weighted by atomic mass is 35.5. The Kier molecular flexibility index (Phi) is 7.68. The highest BCUT2D eigenvalue weighted by molar-refractivity contribution is 7.09. The molecule has 2 amide bonds. The maximum Gasteiger partial charge on any atom is 0.357 e. The van der Waals surface area contributed by atoms with Crippen molar-refractivity contribution in [3.8, 4) is 0 Å². The summed E-state index contributed by atoms with van der Waals surface area (Å²) in [5.41, 5.74) is 0.617. The number of anilines is 1. The molecule has 26 heavy (non-hydrogen) atoms. The number of carbonyl (C=O) groups is 2. The number of nitrogens with one attached hydrogen (secondary N) is 1. The summed E-state index contributed by atoms with van der Waals surface area (Å²) >= 11 is 13.5. The minimum atomic E-state index is -0.468. The van der Waals surface area contributed by atoms with E-state index in [4.69, 9.17) is 27.9 Å². The van der Waals surface area contributed by atoms with Crippen LogP contribution in [-0.2, 0) is 11.3 Å². The molecule has 0 radical (unpaired) electrons. The number of thiazole rings is 1. The molecule has 0 aliphatic heterocycles. The standard InChI is InChI=1S/C17H19Cl2N3O3S/c1-3-8-22(9-14-20-13(10-26-14)16(23)25-4-2)17(24)21-15-11(18)6-5-7-12(15)19/h5-7,10H,3-4,8-9H2,1-2H3,(H,21,24). The number of amides is 2. The lowest BCUT2D eigenvalue weighted by atomic mass is 10.3. The molecule has 0 fully saturated rings. The van der Waals surface area contributed by atoms with E-state index in [1.165, 1.54) is 11.3 Å². The predicted octanol–water partition coefficient (Wildman–Crippen LogP) is 5.07. The lowest BCUT2D eigenvalue weighted by Crippen LogP contribution is -2.35. The van der Waals surface area contributed by atoms with Gasteiger partial charge in [-0.1, -0.05) is 36.2 Å². The van der Waals surface area contributed by atoms with Gasteiger partial charge in [0.05, 0.1) is 28.9 Å². The number of benzene rings is 1. The highest BCUT2D eigenvalue weighted by Crippen LogP contribution is 2.30. The van der Waals surface area contributed by atoms with E-state index < -0.39 is 5.97 Å². The lowest BCUT2D eigenvalue weighted by Gasteiger charge is -2.22. The van der Waals surface area contributed by atoms with E-state index in [9.17, 15) is 9.59 Å². The first kappa shape index (κ1) is 20.5. The summed E-state index contributed by atoms with van der Waals surface area (Å²) in [6.45, 7) is 4.77. The highest BCUT2D eigenvalue weighted by Gasteiger charge is 2.19. The number of nitrogens with zero attached hydrogens (tertiary/aromatic N) is 2. The molecule has 2 aromatic rings. The van der Waals surface area contributed by atoms with Gasteiger partial charge < -0.3 is 15.0 Å². The number of urea groups is 1. The van der Waals surface area contributed by atoms with E-state index in [2.05, 4.69) is 10.3 Å². The molecule has 0 saturated carbocycles. The quantitative estimate of drug-likeness (QED) is 0.640. The van der Waals surface area contributed by atoms with Gasteiger partial charge in [0.15, 0.2) is 5.69 Å². The van der Waals surface area contributed by atoms with E-state index in [0.29, 0.717) is 27.3 Å². The summed E-state index contributed by atoms with van der Waals surface area (Å²) < 4.78 is 4.93. The number of hydrogen-bond acceptors (Lipinski definition) is 5. The topological polar surface area (TPSA) is 71.5 Å². The summed E-state index contributed by atoms with van der Waals surface area (Å²) in [6.07, 6.45) is 0.764. The van der Waals surface area contributed by atoms with Crippen molar-refractivity contribution in [3.63, 3.8) is 0 Å². The summed E-state index contributed by atoms with van der Waals surface area (Å²) in [4.78, 5) is 30.2. The molecule has 0 unspecified atom stereocenters. The van der Waals surface area contributed by atoms with Crippen molar-refractivity contribution in [3.05, 3.63) is 44.3 Å². The molecule has 1 heterocycles. The van der Waals surface area contributed by atoms with Crippen LogP contribution in [-0.4, -0.2) is 35.0 Å². The van der Waals surface area contributed by atoms with Gasteiger partial charge in [-0.2, -0.15) is 0 Å². The first-order valence-electron chi connectivity index (χ1n) is 8.07. The Bertz CT molecular complexity index is 762. The SMILES string of the molecule is CCCN(Cc1nc(C(=O)OCC)cs1)C(=O)Nc1c(Cl)cccc1Cl. The Morgan fingerprint density at radius 3 is 2.58 bits per heavy atom. The summed E-state index contributed by atoms with van der Waals surface area (Å²) in [6, 6.07) is 4.67. The molecule has 9 heteroatoms. The third-order valence-electron chi connectivity index (χ3n) is 3.34. The second kappa shape index (κ2) is 9.75. The number of rotatable bonds is 7. The maximum atomic E-state index is 12.6. The molecule has 0 saturated heterocycles. The van der Waals surface area contributed by atoms with E-state index in [0.717, 1.165) is 6.42 Å². The first-order chi connectivity index (χ1) is 12.5. The average Bonchev–Trinajstić information content (AvgIpc) is 3.07. The number of halogens is 2. The molecule has 0 aliphatic carbocycles. The van der Waals surface area contributed by atoms with Gasteiger partial charge in [0, 0.05) is 11.9 Å². The van der Waals surface area contributed by atoms with Crippen LogP contribution in [0.2, 0.25) is 10.0 Å². The first-order valence-corrected chi connectivity index (χ1v) is 9.71. The number of carbonyl (C=O) groups excluding carboxylic acids is 2. The minimum absolute atomic E-state index is 0.248. The van der Waals surface area contributed by atoms with Gasteiger partial charge in [-0.3, -0.25) is 0 Å². The second-order valence-corrected chi connectivity index (χ2v) is 7.05. The number of hydrogen-bond donors (Lipinski definition) is 1. The molecule has 1 aromatic carbocycles. The molecule has 1 aromatic heterocycles. The van der Waals surface area contributed by atoms with Crippen LogP contribution < -0.4 is 5.32 Å². The van der Waals surface area contributed by atoms with Gasteiger partial charge in [0.25, 0.3) is 0 Å². The second-order valence-electron chi connectivity index (χ2n) is 5.30. The van der Waals surface area contributed by atoms with E-state index in [1.807, 2.05) is 6.92 Å². The Morgan fingerprint density at radius 1 is 1.27 bits per heavy atom. The smallest absolute Gasteiger partial charge is 0.357 e. The molecule has 140 valence electrons. The fourth-order valence-electron chi connectivity index (χ4n) is 2.17. The maximum absolute atomic E-state index is 12.6. The van der Waals surface area contributed by atoms with Gasteiger partial charge in [0.2, 0.25) is 0 Å². The van der Waals surface area contributed by atoms with Crippen LogP contribution in [0.3, 0.4) is 0 Å². The molecule has 0 bridgehead atoms. The number of ether oxygens (including phenoxy) is 1. The van der Waals surface area contributed by atoms with Crippen molar-refractivity contribution in [2.75, 3.05) is 18.5 Å².